The number of ether oxygens (including phenoxy) is 2. The molecule has 1 heterocycles. The number of hydrogen-bond donors (Lipinski definition) is 0. The third-order valence-electron chi connectivity index (χ3n) is 2.41. The predicted octanol–water partition coefficient (Wildman–Crippen LogP) is 1.89. The number of rotatable bonds is 2. The summed E-state index contributed by atoms with van der Waals surface area (Å²) in [5.74, 6) is 15.7. The molecule has 0 radical (unpaired) electrons. The van der Waals surface area contributed by atoms with Gasteiger partial charge in [0.1, 0.15) is 0 Å². The average molecular weight is 256 g/mol. The van der Waals surface area contributed by atoms with Crippen LogP contribution in [-0.4, -0.2) is 18.9 Å². The Labute approximate surface area is 114 Å². The summed E-state index contributed by atoms with van der Waals surface area (Å²) in [5, 5.41) is 0. The molecule has 1 fully saturated rings. The Bertz CT molecular complexity index is 511. The van der Waals surface area contributed by atoms with E-state index in [1.165, 1.54) is 6.92 Å². The van der Waals surface area contributed by atoms with Crippen LogP contribution in [0.4, 0.5) is 0 Å². The summed E-state index contributed by atoms with van der Waals surface area (Å²) in [6.07, 6.45) is 4.98. The molecule has 2 atom stereocenters. The molecule has 1 saturated heterocycles. The molecule has 0 saturated carbocycles. The van der Waals surface area contributed by atoms with Crippen LogP contribution in [0.2, 0.25) is 0 Å². The summed E-state index contributed by atoms with van der Waals surface area (Å²) in [5.41, 5.74) is 0. The molecule has 0 aromatic heterocycles. The van der Waals surface area contributed by atoms with Gasteiger partial charge in [-0.2, -0.15) is 0 Å². The van der Waals surface area contributed by atoms with Gasteiger partial charge < -0.3 is 9.47 Å². The largest absolute Gasteiger partial charge is 0.435 e. The second kappa shape index (κ2) is 8.87. The molecule has 0 aliphatic carbocycles. The SMILES string of the molecule is CC#CC#CC#CC=CC1CCCOC1OC(C)=O. The number of carbonyl (C=O) groups is 1. The molecule has 0 amide bonds. The van der Waals surface area contributed by atoms with Gasteiger partial charge in [-0.3, -0.25) is 4.79 Å². The molecule has 19 heavy (non-hydrogen) atoms. The lowest BCUT2D eigenvalue weighted by Gasteiger charge is -2.28. The number of carbonyl (C=O) groups excluding carboxylic acids is 1. The van der Waals surface area contributed by atoms with Crippen molar-refractivity contribution >= 4 is 5.97 Å². The van der Waals surface area contributed by atoms with Gasteiger partial charge in [0.15, 0.2) is 0 Å². The molecule has 1 aliphatic heterocycles. The zero-order valence-electron chi connectivity index (χ0n) is 11.2. The van der Waals surface area contributed by atoms with Gasteiger partial charge in [0.25, 0.3) is 0 Å². The van der Waals surface area contributed by atoms with Gasteiger partial charge in [0.2, 0.25) is 6.29 Å². The van der Waals surface area contributed by atoms with Gasteiger partial charge in [-0.25, -0.2) is 0 Å². The van der Waals surface area contributed by atoms with Crippen molar-refractivity contribution in [1.82, 2.24) is 0 Å². The monoisotopic (exact) mass is 256 g/mol. The van der Waals surface area contributed by atoms with Gasteiger partial charge in [0, 0.05) is 12.8 Å². The molecule has 2 unspecified atom stereocenters. The lowest BCUT2D eigenvalue weighted by molar-refractivity contribution is -0.194. The molecular weight excluding hydrogens is 240 g/mol. The van der Waals surface area contributed by atoms with Crippen LogP contribution in [0.1, 0.15) is 26.7 Å². The highest BCUT2D eigenvalue weighted by Gasteiger charge is 2.26. The van der Waals surface area contributed by atoms with E-state index < -0.39 is 6.29 Å². The molecule has 98 valence electrons. The lowest BCUT2D eigenvalue weighted by atomic mass is 10.00. The van der Waals surface area contributed by atoms with E-state index in [9.17, 15) is 4.79 Å². The summed E-state index contributed by atoms with van der Waals surface area (Å²) in [7, 11) is 0. The van der Waals surface area contributed by atoms with Gasteiger partial charge >= 0.3 is 5.97 Å². The first-order valence-electron chi connectivity index (χ1n) is 6.12. The van der Waals surface area contributed by atoms with E-state index in [-0.39, 0.29) is 11.9 Å². The van der Waals surface area contributed by atoms with Crippen molar-refractivity contribution in [2.45, 2.75) is 33.0 Å². The molecule has 1 rings (SSSR count). The topological polar surface area (TPSA) is 35.5 Å². The predicted molar refractivity (Wildman–Crippen MR) is 72.4 cm³/mol. The van der Waals surface area contributed by atoms with Crippen LogP contribution in [-0.2, 0) is 14.3 Å². The van der Waals surface area contributed by atoms with Crippen LogP contribution in [0.5, 0.6) is 0 Å². The number of esters is 1. The summed E-state index contributed by atoms with van der Waals surface area (Å²) in [4.78, 5) is 10.9. The van der Waals surface area contributed by atoms with Gasteiger partial charge in [-0.05, 0) is 49.5 Å². The molecule has 0 N–H and O–H groups in total. The Hall–Kier alpha value is -2.15. The first-order chi connectivity index (χ1) is 9.24. The van der Waals surface area contributed by atoms with Crippen molar-refractivity contribution in [3.05, 3.63) is 12.2 Å². The number of allylic oxidation sites excluding steroid dienone is 1. The molecule has 3 heteroatoms. The fraction of sp³-hybridized carbons (Fsp3) is 0.438. The molecule has 1 aliphatic rings. The highest BCUT2D eigenvalue weighted by molar-refractivity contribution is 5.66. The summed E-state index contributed by atoms with van der Waals surface area (Å²) < 4.78 is 10.5. The Kier molecular flexibility index (Phi) is 6.96. The maximum atomic E-state index is 10.9. The quantitative estimate of drug-likeness (QED) is 0.559. The summed E-state index contributed by atoms with van der Waals surface area (Å²) in [6, 6.07) is 0. The average Bonchev–Trinajstić information content (AvgIpc) is 2.39. The molecule has 3 nitrogen and oxygen atoms in total. The highest BCUT2D eigenvalue weighted by Crippen LogP contribution is 2.23. The van der Waals surface area contributed by atoms with E-state index in [4.69, 9.17) is 9.47 Å². The van der Waals surface area contributed by atoms with Crippen molar-refractivity contribution in [1.29, 1.82) is 0 Å². The van der Waals surface area contributed by atoms with Crippen molar-refractivity contribution in [2.24, 2.45) is 5.92 Å². The van der Waals surface area contributed by atoms with Crippen LogP contribution >= 0.6 is 0 Å². The van der Waals surface area contributed by atoms with E-state index in [0.717, 1.165) is 12.8 Å². The van der Waals surface area contributed by atoms with E-state index in [1.807, 2.05) is 6.08 Å². The zero-order valence-corrected chi connectivity index (χ0v) is 11.2. The van der Waals surface area contributed by atoms with E-state index in [0.29, 0.717) is 6.61 Å². The molecule has 0 spiro atoms. The lowest BCUT2D eigenvalue weighted by Crippen LogP contribution is -2.32. The zero-order chi connectivity index (χ0) is 13.9. The molecule has 0 bridgehead atoms. The van der Waals surface area contributed by atoms with Crippen molar-refractivity contribution in [3.63, 3.8) is 0 Å². The van der Waals surface area contributed by atoms with E-state index in [2.05, 4.69) is 35.5 Å². The van der Waals surface area contributed by atoms with Crippen LogP contribution in [0.15, 0.2) is 12.2 Å². The standard InChI is InChI=1S/C16H16O3/c1-3-4-5-6-7-8-9-11-15-12-10-13-18-16(15)19-14(2)17/h9,11,15-16H,10,12-13H2,1-2H3. The first-order valence-corrected chi connectivity index (χ1v) is 6.12. The third kappa shape index (κ3) is 6.37. The van der Waals surface area contributed by atoms with Crippen molar-refractivity contribution < 1.29 is 14.3 Å². The summed E-state index contributed by atoms with van der Waals surface area (Å²) >= 11 is 0. The fourth-order valence-electron chi connectivity index (χ4n) is 1.62. The normalized spacial score (nSPS) is 21.2. The Morgan fingerprint density at radius 2 is 2.11 bits per heavy atom. The molecule has 0 aromatic rings. The third-order valence-corrected chi connectivity index (χ3v) is 2.41. The Morgan fingerprint density at radius 3 is 2.84 bits per heavy atom. The summed E-state index contributed by atoms with van der Waals surface area (Å²) in [6.45, 7) is 3.72. The number of hydrogen-bond acceptors (Lipinski definition) is 3. The highest BCUT2D eigenvalue weighted by atomic mass is 16.7. The maximum absolute atomic E-state index is 10.9. The smallest absolute Gasteiger partial charge is 0.304 e. The van der Waals surface area contributed by atoms with Gasteiger partial charge in [-0.1, -0.05) is 17.9 Å². The Balaban J connectivity index is 2.54. The second-order valence-electron chi connectivity index (χ2n) is 3.91. The van der Waals surface area contributed by atoms with E-state index in [1.54, 1.807) is 13.0 Å². The van der Waals surface area contributed by atoms with Gasteiger partial charge in [-0.15, -0.1) is 0 Å². The minimum atomic E-state index is -0.499. The van der Waals surface area contributed by atoms with Crippen LogP contribution in [0, 0.1) is 41.4 Å². The second-order valence-corrected chi connectivity index (χ2v) is 3.91. The van der Waals surface area contributed by atoms with Crippen LogP contribution in [0.3, 0.4) is 0 Å². The Morgan fingerprint density at radius 1 is 1.32 bits per heavy atom. The van der Waals surface area contributed by atoms with Crippen molar-refractivity contribution in [3.8, 4) is 35.5 Å². The fourth-order valence-corrected chi connectivity index (χ4v) is 1.62. The van der Waals surface area contributed by atoms with E-state index >= 15 is 0 Å². The minimum absolute atomic E-state index is 0.0512. The van der Waals surface area contributed by atoms with Crippen LogP contribution < -0.4 is 0 Å². The molecule has 0 aromatic carbocycles. The molecular formula is C16H16O3. The van der Waals surface area contributed by atoms with Gasteiger partial charge in [0.05, 0.1) is 6.61 Å². The maximum Gasteiger partial charge on any atom is 0.304 e. The first kappa shape index (κ1) is 14.9. The van der Waals surface area contributed by atoms with Crippen LogP contribution in [0.25, 0.3) is 0 Å². The minimum Gasteiger partial charge on any atom is -0.435 e. The van der Waals surface area contributed by atoms with Crippen molar-refractivity contribution in [2.75, 3.05) is 6.61 Å².